The average Bonchev–Trinajstić information content (AvgIpc) is 2.47. The molecule has 0 radical (unpaired) electrons. The molecule has 0 atom stereocenters. The molecule has 0 amide bonds. The number of methoxy groups -OCH3 is 1. The summed E-state index contributed by atoms with van der Waals surface area (Å²) in [5, 5.41) is 20.0. The Hall–Kier alpha value is -3.16. The molecule has 0 saturated heterocycles. The SMILES string of the molecule is COc1ccc(Oc2ncccc2[N+](=O)[O-])c(C(=O)O)c1. The zero-order chi connectivity index (χ0) is 15.4. The Bertz CT molecular complexity index is 701. The highest BCUT2D eigenvalue weighted by atomic mass is 16.6. The smallest absolute Gasteiger partial charge is 0.339 e. The molecule has 2 rings (SSSR count). The zero-order valence-electron chi connectivity index (χ0n) is 10.8. The van der Waals surface area contributed by atoms with Crippen molar-refractivity contribution in [3.05, 3.63) is 52.2 Å². The van der Waals surface area contributed by atoms with Crippen molar-refractivity contribution >= 4 is 11.7 Å². The topological polar surface area (TPSA) is 112 Å². The molecule has 108 valence electrons. The van der Waals surface area contributed by atoms with Crippen LogP contribution in [0.15, 0.2) is 36.5 Å². The number of hydrogen-bond donors (Lipinski definition) is 1. The highest BCUT2D eigenvalue weighted by molar-refractivity contribution is 5.91. The van der Waals surface area contributed by atoms with E-state index in [9.17, 15) is 14.9 Å². The third-order valence-corrected chi connectivity index (χ3v) is 2.57. The molecule has 0 unspecified atom stereocenters. The molecule has 1 aromatic heterocycles. The van der Waals surface area contributed by atoms with Crippen molar-refractivity contribution in [2.24, 2.45) is 0 Å². The summed E-state index contributed by atoms with van der Waals surface area (Å²) in [5.74, 6) is -1.27. The predicted octanol–water partition coefficient (Wildman–Crippen LogP) is 2.49. The number of nitrogens with zero attached hydrogens (tertiary/aromatic N) is 2. The van der Waals surface area contributed by atoms with Gasteiger partial charge >= 0.3 is 11.7 Å². The van der Waals surface area contributed by atoms with Crippen LogP contribution < -0.4 is 9.47 Å². The van der Waals surface area contributed by atoms with E-state index in [0.29, 0.717) is 5.75 Å². The molecule has 2 aromatic rings. The second-order valence-corrected chi connectivity index (χ2v) is 3.85. The molecule has 0 spiro atoms. The number of aromatic nitrogens is 1. The number of pyridine rings is 1. The molecular weight excluding hydrogens is 280 g/mol. The van der Waals surface area contributed by atoms with Crippen molar-refractivity contribution in [3.63, 3.8) is 0 Å². The van der Waals surface area contributed by atoms with Crippen LogP contribution in [0.25, 0.3) is 0 Å². The van der Waals surface area contributed by atoms with Crippen LogP contribution in [0, 0.1) is 10.1 Å². The average molecular weight is 290 g/mol. The normalized spacial score (nSPS) is 9.95. The first kappa shape index (κ1) is 14.3. The molecule has 0 aliphatic heterocycles. The van der Waals surface area contributed by atoms with Crippen LogP contribution >= 0.6 is 0 Å². The summed E-state index contributed by atoms with van der Waals surface area (Å²) in [7, 11) is 1.39. The predicted molar refractivity (Wildman–Crippen MR) is 70.9 cm³/mol. The van der Waals surface area contributed by atoms with Gasteiger partial charge in [0.25, 0.3) is 5.88 Å². The number of carboxylic acid groups (broad SMARTS) is 1. The number of carboxylic acids is 1. The first-order chi connectivity index (χ1) is 10.0. The van der Waals surface area contributed by atoms with E-state index in [2.05, 4.69) is 4.98 Å². The monoisotopic (exact) mass is 290 g/mol. The van der Waals surface area contributed by atoms with E-state index < -0.39 is 10.9 Å². The van der Waals surface area contributed by atoms with Crippen LogP contribution in [0.4, 0.5) is 5.69 Å². The quantitative estimate of drug-likeness (QED) is 0.664. The summed E-state index contributed by atoms with van der Waals surface area (Å²) in [6.45, 7) is 0. The lowest BCUT2D eigenvalue weighted by Crippen LogP contribution is -2.02. The van der Waals surface area contributed by atoms with E-state index in [0.717, 1.165) is 0 Å². The van der Waals surface area contributed by atoms with Crippen molar-refractivity contribution in [1.29, 1.82) is 0 Å². The van der Waals surface area contributed by atoms with Gasteiger partial charge in [-0.25, -0.2) is 9.78 Å². The number of hydrogen-bond acceptors (Lipinski definition) is 6. The maximum Gasteiger partial charge on any atom is 0.339 e. The third-order valence-electron chi connectivity index (χ3n) is 2.57. The van der Waals surface area contributed by atoms with Crippen LogP contribution in [-0.4, -0.2) is 28.1 Å². The Labute approximate surface area is 118 Å². The van der Waals surface area contributed by atoms with Gasteiger partial charge in [0.2, 0.25) is 0 Å². The highest BCUT2D eigenvalue weighted by Gasteiger charge is 2.20. The second-order valence-electron chi connectivity index (χ2n) is 3.85. The van der Waals surface area contributed by atoms with Crippen LogP contribution in [-0.2, 0) is 0 Å². The minimum atomic E-state index is -1.25. The second kappa shape index (κ2) is 5.87. The number of aromatic carboxylic acids is 1. The molecule has 1 aromatic carbocycles. The zero-order valence-corrected chi connectivity index (χ0v) is 10.8. The standard InChI is InChI=1S/C13H10N2O6/c1-20-8-4-5-11(9(7-8)13(16)17)21-12-10(15(18)19)3-2-6-14-12/h2-7H,1H3,(H,16,17). The van der Waals surface area contributed by atoms with Crippen molar-refractivity contribution in [2.45, 2.75) is 0 Å². The van der Waals surface area contributed by atoms with Gasteiger partial charge in [0, 0.05) is 12.3 Å². The Morgan fingerprint density at radius 1 is 1.38 bits per heavy atom. The van der Waals surface area contributed by atoms with E-state index in [1.165, 1.54) is 43.6 Å². The number of ether oxygens (including phenoxy) is 2. The first-order valence-electron chi connectivity index (χ1n) is 5.71. The van der Waals surface area contributed by atoms with Gasteiger partial charge < -0.3 is 14.6 Å². The number of nitro groups is 1. The van der Waals surface area contributed by atoms with Gasteiger partial charge in [0.15, 0.2) is 0 Å². The van der Waals surface area contributed by atoms with Crippen LogP contribution in [0.2, 0.25) is 0 Å². The molecule has 21 heavy (non-hydrogen) atoms. The first-order valence-corrected chi connectivity index (χ1v) is 5.71. The van der Waals surface area contributed by atoms with Crippen LogP contribution in [0.5, 0.6) is 17.4 Å². The molecule has 8 heteroatoms. The summed E-state index contributed by atoms with van der Waals surface area (Å²) in [6.07, 6.45) is 1.31. The lowest BCUT2D eigenvalue weighted by atomic mass is 10.2. The molecular formula is C13H10N2O6. The Morgan fingerprint density at radius 2 is 2.14 bits per heavy atom. The molecule has 1 heterocycles. The van der Waals surface area contributed by atoms with Crippen molar-refractivity contribution in [1.82, 2.24) is 4.98 Å². The van der Waals surface area contributed by atoms with Gasteiger partial charge in [-0.1, -0.05) is 0 Å². The van der Waals surface area contributed by atoms with Gasteiger partial charge in [-0.2, -0.15) is 0 Å². The van der Waals surface area contributed by atoms with E-state index in [4.69, 9.17) is 14.6 Å². The maximum atomic E-state index is 11.2. The Balaban J connectivity index is 2.45. The Kier molecular flexibility index (Phi) is 3.98. The van der Waals surface area contributed by atoms with Crippen molar-refractivity contribution in [3.8, 4) is 17.4 Å². The third kappa shape index (κ3) is 3.06. The van der Waals surface area contributed by atoms with Crippen LogP contribution in [0.1, 0.15) is 10.4 Å². The fourth-order valence-corrected chi connectivity index (χ4v) is 1.60. The van der Waals surface area contributed by atoms with Gasteiger partial charge in [-0.05, 0) is 24.3 Å². The Morgan fingerprint density at radius 3 is 2.76 bits per heavy atom. The van der Waals surface area contributed by atoms with E-state index in [1.54, 1.807) is 0 Å². The fourth-order valence-electron chi connectivity index (χ4n) is 1.60. The summed E-state index contributed by atoms with van der Waals surface area (Å²) in [5.41, 5.74) is -0.543. The molecule has 0 aliphatic carbocycles. The van der Waals surface area contributed by atoms with Gasteiger partial charge in [-0.15, -0.1) is 0 Å². The molecule has 0 aliphatic rings. The number of rotatable bonds is 5. The van der Waals surface area contributed by atoms with Gasteiger partial charge in [-0.3, -0.25) is 10.1 Å². The molecule has 1 N–H and O–H groups in total. The molecule has 0 saturated carbocycles. The van der Waals surface area contributed by atoms with E-state index in [-0.39, 0.29) is 22.9 Å². The van der Waals surface area contributed by atoms with Gasteiger partial charge in [0.1, 0.15) is 17.1 Å². The number of carbonyl (C=O) groups is 1. The van der Waals surface area contributed by atoms with Crippen molar-refractivity contribution < 1.29 is 24.3 Å². The minimum absolute atomic E-state index is 0.0647. The molecule has 8 nitrogen and oxygen atoms in total. The molecule has 0 fully saturated rings. The lowest BCUT2D eigenvalue weighted by molar-refractivity contribution is -0.386. The minimum Gasteiger partial charge on any atom is -0.497 e. The van der Waals surface area contributed by atoms with E-state index in [1.807, 2.05) is 0 Å². The number of benzene rings is 1. The van der Waals surface area contributed by atoms with Crippen LogP contribution in [0.3, 0.4) is 0 Å². The largest absolute Gasteiger partial charge is 0.497 e. The lowest BCUT2D eigenvalue weighted by Gasteiger charge is -2.09. The molecule has 0 bridgehead atoms. The van der Waals surface area contributed by atoms with E-state index >= 15 is 0 Å². The summed E-state index contributed by atoms with van der Waals surface area (Å²) < 4.78 is 10.2. The fraction of sp³-hybridized carbons (Fsp3) is 0.0769. The summed E-state index contributed by atoms with van der Waals surface area (Å²) in [4.78, 5) is 25.2. The summed E-state index contributed by atoms with van der Waals surface area (Å²) in [6, 6.07) is 6.69. The highest BCUT2D eigenvalue weighted by Crippen LogP contribution is 2.32. The van der Waals surface area contributed by atoms with Crippen molar-refractivity contribution in [2.75, 3.05) is 7.11 Å². The van der Waals surface area contributed by atoms with Gasteiger partial charge in [0.05, 0.1) is 12.0 Å². The summed E-state index contributed by atoms with van der Waals surface area (Å²) >= 11 is 0. The maximum absolute atomic E-state index is 11.2.